The maximum absolute atomic E-state index is 13.4. The summed E-state index contributed by atoms with van der Waals surface area (Å²) in [6, 6.07) is 4.38. The highest BCUT2D eigenvalue weighted by Crippen LogP contribution is 2.30. The first-order valence-electron chi connectivity index (χ1n) is 4.15. The number of rotatable bonds is 2. The topological polar surface area (TPSA) is 22.1 Å². The van der Waals surface area contributed by atoms with Crippen molar-refractivity contribution in [1.82, 2.24) is 4.98 Å². The van der Waals surface area contributed by atoms with E-state index >= 15 is 0 Å². The van der Waals surface area contributed by atoms with Gasteiger partial charge in [0.2, 0.25) is 5.88 Å². The van der Waals surface area contributed by atoms with Crippen LogP contribution < -0.4 is 4.74 Å². The van der Waals surface area contributed by atoms with Gasteiger partial charge in [-0.2, -0.15) is 0 Å². The van der Waals surface area contributed by atoms with E-state index in [1.54, 1.807) is 11.4 Å². The van der Waals surface area contributed by atoms with Gasteiger partial charge in [0.1, 0.15) is 10.8 Å². The molecule has 1 heterocycles. The van der Waals surface area contributed by atoms with Crippen LogP contribution in [0, 0.1) is 5.82 Å². The molecule has 0 amide bonds. The second kappa shape index (κ2) is 4.16. The number of halogens is 2. The molecule has 0 aliphatic heterocycles. The van der Waals surface area contributed by atoms with Gasteiger partial charge in [-0.25, -0.2) is 9.37 Å². The Labute approximate surface area is 95.3 Å². The number of thiazole rings is 1. The summed E-state index contributed by atoms with van der Waals surface area (Å²) in [4.78, 5) is 4.10. The lowest BCUT2D eigenvalue weighted by molar-refractivity contribution is 0.401. The summed E-state index contributed by atoms with van der Waals surface area (Å²) in [5.41, 5.74) is 0.399. The Bertz CT molecular complexity index is 486. The fourth-order valence-electron chi connectivity index (χ4n) is 1.14. The van der Waals surface area contributed by atoms with Crippen LogP contribution in [0.2, 0.25) is 5.02 Å². The minimum absolute atomic E-state index is 0.337. The van der Waals surface area contributed by atoms with Crippen LogP contribution in [-0.4, -0.2) is 12.1 Å². The first-order chi connectivity index (χ1) is 7.20. The molecule has 2 aromatic rings. The van der Waals surface area contributed by atoms with E-state index in [1.807, 2.05) is 0 Å². The fraction of sp³-hybridized carbons (Fsp3) is 0.100. The van der Waals surface area contributed by atoms with Crippen molar-refractivity contribution in [2.24, 2.45) is 0 Å². The summed E-state index contributed by atoms with van der Waals surface area (Å²) >= 11 is 7.10. The molecule has 0 fully saturated rings. The molecule has 0 aliphatic carbocycles. The van der Waals surface area contributed by atoms with E-state index in [4.69, 9.17) is 16.3 Å². The maximum atomic E-state index is 13.4. The number of hydrogen-bond donors (Lipinski definition) is 0. The molecular formula is C10H7ClFNOS. The van der Waals surface area contributed by atoms with Crippen LogP contribution in [0.5, 0.6) is 5.88 Å². The third-order valence-corrected chi connectivity index (χ3v) is 2.94. The number of hydrogen-bond acceptors (Lipinski definition) is 3. The van der Waals surface area contributed by atoms with E-state index in [-0.39, 0.29) is 5.82 Å². The Hall–Kier alpha value is -1.13. The molecule has 0 saturated carbocycles. The lowest BCUT2D eigenvalue weighted by Gasteiger charge is -1.99. The van der Waals surface area contributed by atoms with Crippen molar-refractivity contribution in [2.45, 2.75) is 0 Å². The van der Waals surface area contributed by atoms with Gasteiger partial charge in [0.05, 0.1) is 12.5 Å². The van der Waals surface area contributed by atoms with Crippen molar-refractivity contribution < 1.29 is 9.13 Å². The van der Waals surface area contributed by atoms with Gasteiger partial charge in [-0.3, -0.25) is 0 Å². The van der Waals surface area contributed by atoms with Gasteiger partial charge in [-0.15, -0.1) is 11.3 Å². The molecule has 0 bridgehead atoms. The van der Waals surface area contributed by atoms with Gasteiger partial charge in [0.25, 0.3) is 0 Å². The highest BCUT2D eigenvalue weighted by atomic mass is 35.5. The number of benzene rings is 1. The summed E-state index contributed by atoms with van der Waals surface area (Å²) in [5, 5.41) is 2.77. The van der Waals surface area contributed by atoms with E-state index < -0.39 is 0 Å². The summed E-state index contributed by atoms with van der Waals surface area (Å²) in [5.74, 6) is 0.144. The highest BCUT2D eigenvalue weighted by Gasteiger charge is 2.10. The van der Waals surface area contributed by atoms with Crippen molar-refractivity contribution >= 4 is 22.9 Å². The van der Waals surface area contributed by atoms with Crippen molar-refractivity contribution in [3.8, 4) is 16.5 Å². The van der Waals surface area contributed by atoms with Crippen LogP contribution in [0.1, 0.15) is 0 Å². The maximum Gasteiger partial charge on any atom is 0.224 e. The molecule has 0 spiro atoms. The van der Waals surface area contributed by atoms with Gasteiger partial charge in [-0.05, 0) is 18.2 Å². The van der Waals surface area contributed by atoms with Crippen LogP contribution >= 0.6 is 22.9 Å². The number of methoxy groups -OCH3 is 1. The largest absolute Gasteiger partial charge is 0.480 e. The summed E-state index contributed by atoms with van der Waals surface area (Å²) in [7, 11) is 1.52. The second-order valence-electron chi connectivity index (χ2n) is 2.82. The predicted molar refractivity (Wildman–Crippen MR) is 59.1 cm³/mol. The van der Waals surface area contributed by atoms with Gasteiger partial charge in [-0.1, -0.05) is 11.6 Å². The average molecular weight is 244 g/mol. The van der Waals surface area contributed by atoms with Crippen molar-refractivity contribution in [3.05, 3.63) is 34.4 Å². The van der Waals surface area contributed by atoms with Gasteiger partial charge < -0.3 is 4.74 Å². The van der Waals surface area contributed by atoms with E-state index in [1.165, 1.54) is 30.6 Å². The third-order valence-electron chi connectivity index (χ3n) is 1.85. The van der Waals surface area contributed by atoms with Gasteiger partial charge >= 0.3 is 0 Å². The minimum Gasteiger partial charge on any atom is -0.480 e. The average Bonchev–Trinajstić information content (AvgIpc) is 2.70. The van der Waals surface area contributed by atoms with E-state index in [0.29, 0.717) is 21.5 Å². The van der Waals surface area contributed by atoms with Crippen LogP contribution in [0.25, 0.3) is 10.6 Å². The quantitative estimate of drug-likeness (QED) is 0.804. The second-order valence-corrected chi connectivity index (χ2v) is 4.11. The number of nitrogens with zero attached hydrogens (tertiary/aromatic N) is 1. The van der Waals surface area contributed by atoms with Crippen LogP contribution in [0.3, 0.4) is 0 Å². The molecule has 0 N–H and O–H groups in total. The van der Waals surface area contributed by atoms with Crippen molar-refractivity contribution in [1.29, 1.82) is 0 Å². The van der Waals surface area contributed by atoms with Crippen LogP contribution in [-0.2, 0) is 0 Å². The van der Waals surface area contributed by atoms with Crippen LogP contribution in [0.15, 0.2) is 23.6 Å². The smallest absolute Gasteiger partial charge is 0.224 e. The van der Waals surface area contributed by atoms with Crippen LogP contribution in [0.4, 0.5) is 4.39 Å². The Morgan fingerprint density at radius 2 is 2.27 bits per heavy atom. The molecule has 5 heteroatoms. The zero-order valence-corrected chi connectivity index (χ0v) is 9.40. The minimum atomic E-state index is -0.337. The molecule has 0 aliphatic rings. The lowest BCUT2D eigenvalue weighted by atomic mass is 10.2. The Morgan fingerprint density at radius 3 is 2.93 bits per heavy atom. The molecule has 15 heavy (non-hydrogen) atoms. The summed E-state index contributed by atoms with van der Waals surface area (Å²) < 4.78 is 18.4. The van der Waals surface area contributed by atoms with Gasteiger partial charge in [0.15, 0.2) is 0 Å². The van der Waals surface area contributed by atoms with E-state index in [9.17, 15) is 4.39 Å². The summed E-state index contributed by atoms with van der Waals surface area (Å²) in [6.07, 6.45) is 0. The molecule has 78 valence electrons. The molecular weight excluding hydrogens is 237 g/mol. The monoisotopic (exact) mass is 243 g/mol. The third kappa shape index (κ3) is 2.11. The molecule has 1 aromatic carbocycles. The predicted octanol–water partition coefficient (Wildman–Crippen LogP) is 3.61. The molecule has 0 unspecified atom stereocenters. The van der Waals surface area contributed by atoms with Crippen molar-refractivity contribution in [2.75, 3.05) is 7.11 Å². The molecule has 2 rings (SSSR count). The fourth-order valence-corrected chi connectivity index (χ4v) is 2.10. The first-order valence-corrected chi connectivity index (χ1v) is 5.41. The zero-order valence-electron chi connectivity index (χ0n) is 7.83. The van der Waals surface area contributed by atoms with Gasteiger partial charge in [0, 0.05) is 10.6 Å². The van der Waals surface area contributed by atoms with E-state index in [2.05, 4.69) is 4.98 Å². The first kappa shape index (κ1) is 10.4. The Morgan fingerprint density at radius 1 is 1.47 bits per heavy atom. The molecule has 2 nitrogen and oxygen atoms in total. The zero-order chi connectivity index (χ0) is 10.8. The lowest BCUT2D eigenvalue weighted by Crippen LogP contribution is -1.85. The van der Waals surface area contributed by atoms with E-state index in [0.717, 1.165) is 0 Å². The highest BCUT2D eigenvalue weighted by molar-refractivity contribution is 7.13. The normalized spacial score (nSPS) is 10.3. The van der Waals surface area contributed by atoms with Crippen molar-refractivity contribution in [3.63, 3.8) is 0 Å². The molecule has 0 saturated heterocycles. The SMILES string of the molecule is COc1csc(-c2cc(Cl)ccc2F)n1. The number of aromatic nitrogens is 1. The molecule has 0 radical (unpaired) electrons. The standard InChI is InChI=1S/C10H7ClFNOS/c1-14-9-5-15-10(13-9)7-4-6(11)2-3-8(7)12/h2-5H,1H3. The Balaban J connectivity index is 2.48. The summed E-state index contributed by atoms with van der Waals surface area (Å²) in [6.45, 7) is 0. The number of ether oxygens (including phenoxy) is 1. The Kier molecular flexibility index (Phi) is 2.88. The molecule has 0 atom stereocenters. The molecule has 1 aromatic heterocycles.